The fraction of sp³-hybridized carbons (Fsp3) is 0.565. The first-order chi connectivity index (χ1) is 14.3. The van der Waals surface area contributed by atoms with Crippen LogP contribution in [0.3, 0.4) is 0 Å². The van der Waals surface area contributed by atoms with Gasteiger partial charge in [0.05, 0.1) is 6.54 Å². The quantitative estimate of drug-likeness (QED) is 0.349. The van der Waals surface area contributed by atoms with Crippen molar-refractivity contribution in [2.45, 2.75) is 39.2 Å². The Morgan fingerprint density at radius 2 is 1.97 bits per heavy atom. The zero-order chi connectivity index (χ0) is 19.9. The summed E-state index contributed by atoms with van der Waals surface area (Å²) >= 11 is 0. The smallest absolute Gasteiger partial charge is 0.226 e. The minimum absolute atomic E-state index is 0. The highest BCUT2D eigenvalue weighted by atomic mass is 127. The normalized spacial score (nSPS) is 20.2. The average molecular weight is 523 g/mol. The second-order valence-corrected chi connectivity index (χ2v) is 8.14. The number of aliphatic imine (C=N–C) groups is 1. The number of halogens is 1. The molecule has 2 saturated heterocycles. The number of guanidine groups is 1. The van der Waals surface area contributed by atoms with Crippen LogP contribution in [0.25, 0.3) is 11.5 Å². The molecule has 0 spiro atoms. The fourth-order valence-electron chi connectivity index (χ4n) is 4.36. The number of nitrogens with zero attached hydrogens (tertiary/aromatic N) is 4. The number of oxazole rings is 1. The van der Waals surface area contributed by atoms with E-state index in [1.54, 1.807) is 6.26 Å². The third kappa shape index (κ3) is 6.20. The summed E-state index contributed by atoms with van der Waals surface area (Å²) in [5, 5.41) is 3.46. The first-order valence-electron chi connectivity index (χ1n) is 11.1. The maximum absolute atomic E-state index is 5.65. The molecule has 30 heavy (non-hydrogen) atoms. The van der Waals surface area contributed by atoms with Crippen molar-refractivity contribution in [3.8, 4) is 11.5 Å². The zero-order valence-electron chi connectivity index (χ0n) is 17.9. The molecule has 6 nitrogen and oxygen atoms in total. The molecular weight excluding hydrogens is 489 g/mol. The summed E-state index contributed by atoms with van der Waals surface area (Å²) in [5.41, 5.74) is 1.86. The minimum atomic E-state index is 0. The van der Waals surface area contributed by atoms with Crippen molar-refractivity contribution in [3.05, 3.63) is 42.3 Å². The lowest BCUT2D eigenvalue weighted by molar-refractivity contribution is 0.198. The van der Waals surface area contributed by atoms with Gasteiger partial charge >= 0.3 is 0 Å². The summed E-state index contributed by atoms with van der Waals surface area (Å²) in [4.78, 5) is 14.5. The highest BCUT2D eigenvalue weighted by Gasteiger charge is 2.27. The number of likely N-dealkylation sites (tertiary alicyclic amines) is 2. The third-order valence-electron chi connectivity index (χ3n) is 5.85. The van der Waals surface area contributed by atoms with Gasteiger partial charge in [-0.15, -0.1) is 24.0 Å². The largest absolute Gasteiger partial charge is 0.444 e. The molecule has 1 aromatic carbocycles. The van der Waals surface area contributed by atoms with E-state index in [0.29, 0.717) is 12.4 Å². The Labute approximate surface area is 197 Å². The van der Waals surface area contributed by atoms with Crippen molar-refractivity contribution in [3.63, 3.8) is 0 Å². The van der Waals surface area contributed by atoms with Crippen molar-refractivity contribution in [2.75, 3.05) is 39.3 Å². The number of benzene rings is 1. The summed E-state index contributed by atoms with van der Waals surface area (Å²) < 4.78 is 5.65. The van der Waals surface area contributed by atoms with E-state index in [4.69, 9.17) is 9.41 Å². The predicted molar refractivity (Wildman–Crippen MR) is 132 cm³/mol. The highest BCUT2D eigenvalue weighted by molar-refractivity contribution is 14.0. The molecule has 1 aromatic heterocycles. The Hall–Kier alpha value is -1.61. The van der Waals surface area contributed by atoms with Gasteiger partial charge in [0.1, 0.15) is 12.0 Å². The average Bonchev–Trinajstić information content (AvgIpc) is 3.42. The lowest BCUT2D eigenvalue weighted by Crippen LogP contribution is -2.41. The van der Waals surface area contributed by atoms with Crippen LogP contribution in [0.5, 0.6) is 0 Å². The van der Waals surface area contributed by atoms with E-state index in [2.05, 4.69) is 27.0 Å². The first-order valence-corrected chi connectivity index (χ1v) is 11.1. The summed E-state index contributed by atoms with van der Waals surface area (Å²) in [6.07, 6.45) is 7.10. The van der Waals surface area contributed by atoms with Gasteiger partial charge in [-0.3, -0.25) is 0 Å². The number of piperidine rings is 1. The third-order valence-corrected chi connectivity index (χ3v) is 5.85. The van der Waals surface area contributed by atoms with Crippen LogP contribution in [0, 0.1) is 5.92 Å². The van der Waals surface area contributed by atoms with Gasteiger partial charge < -0.3 is 19.5 Å². The molecule has 0 bridgehead atoms. The van der Waals surface area contributed by atoms with Crippen LogP contribution in [-0.4, -0.2) is 60.0 Å². The number of rotatable bonds is 6. The van der Waals surface area contributed by atoms with Crippen LogP contribution in [0.2, 0.25) is 0 Å². The van der Waals surface area contributed by atoms with Crippen LogP contribution < -0.4 is 5.32 Å². The van der Waals surface area contributed by atoms with Crippen LogP contribution in [-0.2, 0) is 6.54 Å². The van der Waals surface area contributed by atoms with Crippen LogP contribution in [0.4, 0.5) is 0 Å². The molecule has 4 rings (SSSR count). The van der Waals surface area contributed by atoms with E-state index in [-0.39, 0.29) is 24.0 Å². The van der Waals surface area contributed by atoms with Gasteiger partial charge in [-0.05, 0) is 57.3 Å². The Morgan fingerprint density at radius 1 is 1.17 bits per heavy atom. The van der Waals surface area contributed by atoms with E-state index in [1.807, 2.05) is 30.3 Å². The molecule has 0 aliphatic carbocycles. The highest BCUT2D eigenvalue weighted by Crippen LogP contribution is 2.21. The molecule has 2 aromatic rings. The lowest BCUT2D eigenvalue weighted by atomic mass is 10.1. The second-order valence-electron chi connectivity index (χ2n) is 8.14. The molecule has 0 radical (unpaired) electrons. The Kier molecular flexibility index (Phi) is 8.99. The molecule has 1 N–H and O–H groups in total. The Balaban J connectivity index is 0.00000256. The standard InChI is InChI=1S/C23H33N5O.HI/c1-2-24-23(28-14-11-19(17-28)16-27-12-7-4-8-13-27)25-15-21-18-29-22(26-21)20-9-5-3-6-10-20;/h3,5-6,9-10,18-19H,2,4,7-8,11-17H2,1H3,(H,24,25);1H. The van der Waals surface area contributed by atoms with E-state index in [9.17, 15) is 0 Å². The van der Waals surface area contributed by atoms with Crippen molar-refractivity contribution in [1.29, 1.82) is 0 Å². The van der Waals surface area contributed by atoms with Gasteiger partial charge in [0.25, 0.3) is 0 Å². The van der Waals surface area contributed by atoms with Crippen LogP contribution >= 0.6 is 24.0 Å². The summed E-state index contributed by atoms with van der Waals surface area (Å²) in [7, 11) is 0. The van der Waals surface area contributed by atoms with Gasteiger partial charge in [-0.2, -0.15) is 0 Å². The zero-order valence-corrected chi connectivity index (χ0v) is 20.3. The number of aromatic nitrogens is 1. The van der Waals surface area contributed by atoms with E-state index in [0.717, 1.165) is 42.8 Å². The fourth-order valence-corrected chi connectivity index (χ4v) is 4.36. The van der Waals surface area contributed by atoms with Gasteiger partial charge in [0.15, 0.2) is 5.96 Å². The van der Waals surface area contributed by atoms with Gasteiger partial charge in [0.2, 0.25) is 5.89 Å². The predicted octanol–water partition coefficient (Wildman–Crippen LogP) is 4.23. The van der Waals surface area contributed by atoms with Crippen LogP contribution in [0.15, 0.2) is 46.0 Å². The number of hydrogen-bond donors (Lipinski definition) is 1. The van der Waals surface area contributed by atoms with E-state index >= 15 is 0 Å². The van der Waals surface area contributed by atoms with Crippen molar-refractivity contribution >= 4 is 29.9 Å². The van der Waals surface area contributed by atoms with Crippen molar-refractivity contribution < 1.29 is 4.42 Å². The Morgan fingerprint density at radius 3 is 2.73 bits per heavy atom. The number of hydrogen-bond acceptors (Lipinski definition) is 4. The summed E-state index contributed by atoms with van der Waals surface area (Å²) in [6.45, 7) is 9.50. The van der Waals surface area contributed by atoms with Crippen molar-refractivity contribution in [1.82, 2.24) is 20.1 Å². The molecule has 1 atom stereocenters. The topological polar surface area (TPSA) is 56.9 Å². The molecule has 2 fully saturated rings. The SMILES string of the molecule is CCNC(=NCc1coc(-c2ccccc2)n1)N1CCC(CN2CCCCC2)C1.I. The maximum Gasteiger partial charge on any atom is 0.226 e. The van der Waals surface area contributed by atoms with E-state index in [1.165, 1.54) is 45.3 Å². The molecule has 2 aliphatic heterocycles. The number of nitrogens with one attached hydrogen (secondary N) is 1. The molecule has 164 valence electrons. The van der Waals surface area contributed by atoms with Crippen molar-refractivity contribution in [2.24, 2.45) is 10.9 Å². The first kappa shape index (κ1) is 23.1. The maximum atomic E-state index is 5.65. The summed E-state index contributed by atoms with van der Waals surface area (Å²) in [5.74, 6) is 2.40. The lowest BCUT2D eigenvalue weighted by Gasteiger charge is -2.29. The molecule has 3 heterocycles. The molecule has 0 amide bonds. The molecule has 2 aliphatic rings. The molecule has 7 heteroatoms. The minimum Gasteiger partial charge on any atom is -0.444 e. The van der Waals surface area contributed by atoms with Crippen LogP contribution in [0.1, 0.15) is 38.3 Å². The van der Waals surface area contributed by atoms with Gasteiger partial charge in [-0.25, -0.2) is 9.98 Å². The van der Waals surface area contributed by atoms with E-state index < -0.39 is 0 Å². The summed E-state index contributed by atoms with van der Waals surface area (Å²) in [6, 6.07) is 10.0. The molecular formula is C23H34IN5O. The van der Waals surface area contributed by atoms with Gasteiger partial charge in [-0.1, -0.05) is 24.6 Å². The second kappa shape index (κ2) is 11.7. The molecule has 0 saturated carbocycles. The Bertz CT molecular complexity index is 788. The van der Waals surface area contributed by atoms with Gasteiger partial charge in [0, 0.05) is 31.7 Å². The monoisotopic (exact) mass is 523 g/mol. The molecule has 1 unspecified atom stereocenters.